The normalized spacial score (nSPS) is 17.0. The number of aromatic nitrogens is 4. The maximum Gasteiger partial charge on any atom is 0.272 e. The highest BCUT2D eigenvalue weighted by molar-refractivity contribution is 6.08. The molecule has 2 aromatic carbocycles. The number of amides is 1. The second kappa shape index (κ2) is 12.2. The van der Waals surface area contributed by atoms with Gasteiger partial charge in [0.25, 0.3) is 12.3 Å². The Morgan fingerprint density at radius 2 is 1.84 bits per heavy atom. The van der Waals surface area contributed by atoms with E-state index in [0.717, 1.165) is 64.9 Å². The number of methoxy groups -OCH3 is 2. The molecule has 5 aromatic rings. The summed E-state index contributed by atoms with van der Waals surface area (Å²) in [5, 5.41) is 6.85. The molecule has 0 radical (unpaired) electrons. The first-order chi connectivity index (χ1) is 21.3. The Morgan fingerprint density at radius 3 is 2.57 bits per heavy atom. The molecule has 0 saturated heterocycles. The fourth-order valence-corrected chi connectivity index (χ4v) is 6.38. The van der Waals surface area contributed by atoms with E-state index in [2.05, 4.69) is 20.0 Å². The average Bonchev–Trinajstić information content (AvgIpc) is 3.59. The van der Waals surface area contributed by atoms with E-state index < -0.39 is 6.43 Å². The number of fused-ring (bicyclic) bond motifs is 2. The molecule has 230 valence electrons. The molecule has 1 fully saturated rings. The van der Waals surface area contributed by atoms with Gasteiger partial charge < -0.3 is 24.7 Å². The fourth-order valence-electron chi connectivity index (χ4n) is 6.38. The number of carbonyl (C=O) groups is 1. The van der Waals surface area contributed by atoms with Gasteiger partial charge in [0.1, 0.15) is 23.0 Å². The lowest BCUT2D eigenvalue weighted by Gasteiger charge is -2.28. The molecule has 44 heavy (non-hydrogen) atoms. The summed E-state index contributed by atoms with van der Waals surface area (Å²) in [5.41, 5.74) is 5.27. The third-order valence-electron chi connectivity index (χ3n) is 8.64. The molecule has 1 aliphatic carbocycles. The number of alkyl halides is 2. The first kappa shape index (κ1) is 29.6. The van der Waals surface area contributed by atoms with Crippen LogP contribution < -0.4 is 20.1 Å². The second-order valence-corrected chi connectivity index (χ2v) is 11.2. The van der Waals surface area contributed by atoms with Crippen molar-refractivity contribution in [1.82, 2.24) is 24.3 Å². The lowest BCUT2D eigenvalue weighted by atomic mass is 9.85. The molecule has 0 atom stereocenters. The lowest BCUT2D eigenvalue weighted by molar-refractivity contribution is 0.101. The van der Waals surface area contributed by atoms with Crippen molar-refractivity contribution >= 4 is 28.0 Å². The van der Waals surface area contributed by atoms with E-state index in [1.807, 2.05) is 67.2 Å². The molecular formula is C33H36F2N6O3. The summed E-state index contributed by atoms with van der Waals surface area (Å²) in [5.74, 6) is 2.07. The third kappa shape index (κ3) is 5.47. The van der Waals surface area contributed by atoms with Gasteiger partial charge in [-0.3, -0.25) is 14.2 Å². The minimum Gasteiger partial charge on any atom is -0.496 e. The highest BCUT2D eigenvalue weighted by atomic mass is 19.3. The maximum atomic E-state index is 13.4. The number of ether oxygens (including phenoxy) is 2. The van der Waals surface area contributed by atoms with Crippen molar-refractivity contribution in [1.29, 1.82) is 0 Å². The minimum absolute atomic E-state index is 0.0948. The molecule has 9 nitrogen and oxygen atoms in total. The number of hydrogen-bond donors (Lipinski definition) is 2. The van der Waals surface area contributed by atoms with Crippen LogP contribution in [0.5, 0.6) is 11.5 Å². The van der Waals surface area contributed by atoms with Crippen molar-refractivity contribution < 1.29 is 23.0 Å². The van der Waals surface area contributed by atoms with Crippen LogP contribution in [0.2, 0.25) is 0 Å². The predicted molar refractivity (Wildman–Crippen MR) is 166 cm³/mol. The molecule has 2 N–H and O–H groups in total. The second-order valence-electron chi connectivity index (χ2n) is 11.2. The van der Waals surface area contributed by atoms with Crippen LogP contribution in [0.15, 0.2) is 54.9 Å². The highest BCUT2D eigenvalue weighted by Crippen LogP contribution is 2.38. The number of anilines is 1. The van der Waals surface area contributed by atoms with Crippen molar-refractivity contribution in [3.05, 3.63) is 72.1 Å². The van der Waals surface area contributed by atoms with Crippen molar-refractivity contribution in [2.45, 2.75) is 51.0 Å². The zero-order valence-corrected chi connectivity index (χ0v) is 25.2. The van der Waals surface area contributed by atoms with Crippen molar-refractivity contribution in [2.24, 2.45) is 7.05 Å². The Balaban J connectivity index is 1.29. The largest absolute Gasteiger partial charge is 0.496 e. The summed E-state index contributed by atoms with van der Waals surface area (Å²) in [4.78, 5) is 23.1. The summed E-state index contributed by atoms with van der Waals surface area (Å²) in [7, 11) is 5.03. The number of benzene rings is 2. The average molecular weight is 603 g/mol. The molecular weight excluding hydrogens is 566 g/mol. The van der Waals surface area contributed by atoms with Gasteiger partial charge in [0, 0.05) is 42.4 Å². The molecule has 3 aromatic heterocycles. The van der Waals surface area contributed by atoms with Crippen LogP contribution in [0.4, 0.5) is 14.5 Å². The fraction of sp³-hybridized carbons (Fsp3) is 0.364. The van der Waals surface area contributed by atoms with Gasteiger partial charge in [0.2, 0.25) is 0 Å². The van der Waals surface area contributed by atoms with Gasteiger partial charge >= 0.3 is 0 Å². The van der Waals surface area contributed by atoms with Crippen LogP contribution in [-0.4, -0.2) is 58.1 Å². The first-order valence-electron chi connectivity index (χ1n) is 14.8. The van der Waals surface area contributed by atoms with Gasteiger partial charge in [0.15, 0.2) is 0 Å². The highest BCUT2D eigenvalue weighted by Gasteiger charge is 2.28. The number of hydrogen-bond acceptors (Lipinski definition) is 6. The van der Waals surface area contributed by atoms with Crippen LogP contribution in [0, 0.1) is 6.92 Å². The van der Waals surface area contributed by atoms with Crippen LogP contribution in [0.3, 0.4) is 0 Å². The predicted octanol–water partition coefficient (Wildman–Crippen LogP) is 6.35. The van der Waals surface area contributed by atoms with Crippen LogP contribution in [0.25, 0.3) is 27.7 Å². The number of aryl methyl sites for hydroxylation is 2. The zero-order valence-electron chi connectivity index (χ0n) is 25.2. The Morgan fingerprint density at radius 1 is 1.07 bits per heavy atom. The van der Waals surface area contributed by atoms with E-state index in [9.17, 15) is 13.6 Å². The Labute approximate surface area is 254 Å². The molecule has 0 aliphatic heterocycles. The standard InChI is InChI=1S/C33H36F2N6O3/c1-19-31-30(39-32(41(31)15-14-36-19)20-8-11-22(12-9-20)37-18-29(34)35)21-10-13-24(28(16-21)44-4)38-33(42)26-17-23-25(40(26)2)6-5-7-27(23)43-3/h5-7,10,13-17,20,22,29,37H,8-9,11-12,18H2,1-4H3,(H,38,42)/t20-,22-. The van der Waals surface area contributed by atoms with E-state index in [-0.39, 0.29) is 24.4 Å². The maximum absolute atomic E-state index is 13.4. The van der Waals surface area contributed by atoms with Crippen molar-refractivity contribution in [3.8, 4) is 22.8 Å². The molecule has 0 bridgehead atoms. The molecule has 11 heteroatoms. The van der Waals surface area contributed by atoms with Crippen LogP contribution >= 0.6 is 0 Å². The minimum atomic E-state index is -2.35. The smallest absolute Gasteiger partial charge is 0.272 e. The number of rotatable bonds is 9. The topological polar surface area (TPSA) is 94.7 Å². The summed E-state index contributed by atoms with van der Waals surface area (Å²) in [6, 6.07) is 13.3. The van der Waals surface area contributed by atoms with E-state index in [1.54, 1.807) is 20.4 Å². The van der Waals surface area contributed by atoms with E-state index >= 15 is 0 Å². The number of carbonyl (C=O) groups excluding carboxylic acids is 1. The SMILES string of the molecule is COc1cc(-c2nc([C@H]3CC[C@H](NCC(F)F)CC3)n3ccnc(C)c23)ccc1NC(=O)c1cc2c(OC)cccc2n1C. The van der Waals surface area contributed by atoms with Gasteiger partial charge in [-0.25, -0.2) is 13.8 Å². The molecule has 3 heterocycles. The summed E-state index contributed by atoms with van der Waals surface area (Å²) in [6.45, 7) is 1.69. The molecule has 6 rings (SSSR count). The van der Waals surface area contributed by atoms with Crippen LogP contribution in [-0.2, 0) is 7.05 Å². The van der Waals surface area contributed by atoms with Gasteiger partial charge in [-0.05, 0) is 62.9 Å². The summed E-state index contributed by atoms with van der Waals surface area (Å²) in [6.07, 6.45) is 4.70. The Hall–Kier alpha value is -4.51. The molecule has 0 spiro atoms. The molecule has 0 unspecified atom stereocenters. The third-order valence-corrected chi connectivity index (χ3v) is 8.64. The zero-order chi connectivity index (χ0) is 31.0. The lowest BCUT2D eigenvalue weighted by Crippen LogP contribution is -2.36. The monoisotopic (exact) mass is 602 g/mol. The quantitative estimate of drug-likeness (QED) is 0.204. The number of halogens is 2. The number of nitrogens with one attached hydrogen (secondary N) is 2. The number of imidazole rings is 1. The van der Waals surface area contributed by atoms with Gasteiger partial charge in [-0.1, -0.05) is 12.1 Å². The molecule has 1 saturated carbocycles. The Kier molecular flexibility index (Phi) is 8.22. The first-order valence-corrected chi connectivity index (χ1v) is 14.8. The van der Waals surface area contributed by atoms with E-state index in [1.165, 1.54) is 0 Å². The van der Waals surface area contributed by atoms with Crippen LogP contribution in [0.1, 0.15) is 53.6 Å². The van der Waals surface area contributed by atoms with Gasteiger partial charge in [-0.2, -0.15) is 0 Å². The summed E-state index contributed by atoms with van der Waals surface area (Å²) >= 11 is 0. The summed E-state index contributed by atoms with van der Waals surface area (Å²) < 4.78 is 40.5. The number of nitrogens with zero attached hydrogens (tertiary/aromatic N) is 4. The van der Waals surface area contributed by atoms with Gasteiger partial charge in [0.05, 0.1) is 48.9 Å². The van der Waals surface area contributed by atoms with E-state index in [0.29, 0.717) is 22.9 Å². The Bertz CT molecular complexity index is 1820. The van der Waals surface area contributed by atoms with Crippen molar-refractivity contribution in [2.75, 3.05) is 26.1 Å². The van der Waals surface area contributed by atoms with Gasteiger partial charge in [-0.15, -0.1) is 0 Å². The molecule has 1 aliphatic rings. The van der Waals surface area contributed by atoms with Crippen molar-refractivity contribution in [3.63, 3.8) is 0 Å². The molecule has 1 amide bonds. The van der Waals surface area contributed by atoms with E-state index in [4.69, 9.17) is 14.5 Å².